The molecule has 9 nitrogen and oxygen atoms in total. The molecule has 146 valence electrons. The summed E-state index contributed by atoms with van der Waals surface area (Å²) < 4.78 is 6.61. The lowest BCUT2D eigenvalue weighted by atomic mass is 10.0. The molecule has 1 unspecified atom stereocenters. The van der Waals surface area contributed by atoms with E-state index >= 15 is 0 Å². The van der Waals surface area contributed by atoms with E-state index in [4.69, 9.17) is 4.52 Å². The Morgan fingerprint density at radius 3 is 2.78 bits per heavy atom. The number of likely N-dealkylation sites (tertiary alicyclic amines) is 1. The first-order valence-corrected chi connectivity index (χ1v) is 9.24. The smallest absolute Gasteiger partial charge is 0.269 e. The zero-order valence-corrected chi connectivity index (χ0v) is 16.3. The molecule has 1 atom stereocenters. The van der Waals surface area contributed by atoms with Crippen molar-refractivity contribution in [3.8, 4) is 0 Å². The van der Waals surface area contributed by atoms with Crippen LogP contribution in [-0.4, -0.2) is 51.4 Å². The van der Waals surface area contributed by atoms with E-state index in [1.54, 1.807) is 16.0 Å². The standard InChI is InChI=1S/C18H26N6O3/c1-12(2)17-20-18(27-21-17)14-7-5-6-8-23(14)16(26)11-24-15(25)9-13(10-19-24)22(3)4/h9-10,12,14H,5-8,11H2,1-4H3. The Hall–Kier alpha value is -2.71. The molecular formula is C18H26N6O3. The minimum Gasteiger partial charge on any atom is -0.376 e. The second kappa shape index (κ2) is 7.89. The third-order valence-electron chi connectivity index (χ3n) is 4.74. The molecule has 1 saturated heterocycles. The SMILES string of the molecule is CC(C)c1noc(C2CCCCN2C(=O)Cn2ncc(N(C)C)cc2=O)n1. The van der Waals surface area contributed by atoms with Crippen LogP contribution in [0.3, 0.4) is 0 Å². The van der Waals surface area contributed by atoms with E-state index < -0.39 is 0 Å². The Morgan fingerprint density at radius 1 is 1.37 bits per heavy atom. The van der Waals surface area contributed by atoms with Crippen LogP contribution in [0.4, 0.5) is 5.69 Å². The molecule has 0 aliphatic carbocycles. The summed E-state index contributed by atoms with van der Waals surface area (Å²) in [5.41, 5.74) is 0.398. The summed E-state index contributed by atoms with van der Waals surface area (Å²) in [5.74, 6) is 1.10. The lowest BCUT2D eigenvalue weighted by Gasteiger charge is -2.33. The average Bonchev–Trinajstić information content (AvgIpc) is 3.13. The Morgan fingerprint density at radius 2 is 2.15 bits per heavy atom. The van der Waals surface area contributed by atoms with Gasteiger partial charge >= 0.3 is 0 Å². The van der Waals surface area contributed by atoms with Crippen LogP contribution in [0.5, 0.6) is 0 Å². The van der Waals surface area contributed by atoms with Gasteiger partial charge in [-0.2, -0.15) is 10.1 Å². The third kappa shape index (κ3) is 4.17. The van der Waals surface area contributed by atoms with Gasteiger partial charge in [-0.05, 0) is 19.3 Å². The van der Waals surface area contributed by atoms with Crippen LogP contribution in [0.2, 0.25) is 0 Å². The van der Waals surface area contributed by atoms with Crippen LogP contribution in [-0.2, 0) is 11.3 Å². The van der Waals surface area contributed by atoms with E-state index in [2.05, 4.69) is 15.2 Å². The van der Waals surface area contributed by atoms with Crippen molar-refractivity contribution >= 4 is 11.6 Å². The van der Waals surface area contributed by atoms with Gasteiger partial charge in [-0.3, -0.25) is 9.59 Å². The molecule has 3 rings (SSSR count). The quantitative estimate of drug-likeness (QED) is 0.783. The molecule has 1 fully saturated rings. The Balaban J connectivity index is 1.78. The number of amides is 1. The van der Waals surface area contributed by atoms with Gasteiger partial charge < -0.3 is 14.3 Å². The molecule has 0 bridgehead atoms. The molecule has 0 saturated carbocycles. The van der Waals surface area contributed by atoms with Crippen molar-refractivity contribution in [1.29, 1.82) is 0 Å². The van der Waals surface area contributed by atoms with Crippen molar-refractivity contribution in [3.05, 3.63) is 34.3 Å². The van der Waals surface area contributed by atoms with Gasteiger partial charge in [-0.15, -0.1) is 0 Å². The molecule has 1 aliphatic rings. The molecule has 2 aromatic rings. The average molecular weight is 374 g/mol. The molecule has 2 aromatic heterocycles. The largest absolute Gasteiger partial charge is 0.376 e. The molecule has 0 N–H and O–H groups in total. The van der Waals surface area contributed by atoms with Crippen LogP contribution >= 0.6 is 0 Å². The summed E-state index contributed by atoms with van der Waals surface area (Å²) in [6.07, 6.45) is 4.25. The van der Waals surface area contributed by atoms with Gasteiger partial charge in [0.15, 0.2) is 5.82 Å². The van der Waals surface area contributed by atoms with Gasteiger partial charge in [0, 0.05) is 32.6 Å². The predicted octanol–water partition coefficient (Wildman–Crippen LogP) is 1.57. The van der Waals surface area contributed by atoms with Crippen molar-refractivity contribution < 1.29 is 9.32 Å². The van der Waals surface area contributed by atoms with Gasteiger partial charge in [0.05, 0.1) is 11.9 Å². The number of carbonyl (C=O) groups is 1. The van der Waals surface area contributed by atoms with Gasteiger partial charge in [-0.25, -0.2) is 4.68 Å². The van der Waals surface area contributed by atoms with Gasteiger partial charge in [-0.1, -0.05) is 19.0 Å². The minimum atomic E-state index is -0.303. The van der Waals surface area contributed by atoms with Crippen molar-refractivity contribution in [2.24, 2.45) is 0 Å². The van der Waals surface area contributed by atoms with E-state index in [0.29, 0.717) is 23.9 Å². The number of piperidine rings is 1. The van der Waals surface area contributed by atoms with Crippen LogP contribution < -0.4 is 10.5 Å². The highest BCUT2D eigenvalue weighted by Crippen LogP contribution is 2.30. The zero-order valence-electron chi connectivity index (χ0n) is 16.3. The molecule has 0 spiro atoms. The van der Waals surface area contributed by atoms with Crippen LogP contribution in [0.15, 0.2) is 21.6 Å². The number of nitrogens with zero attached hydrogens (tertiary/aromatic N) is 6. The topological polar surface area (TPSA) is 97.4 Å². The van der Waals surface area contributed by atoms with Crippen LogP contribution in [0, 0.1) is 0 Å². The highest BCUT2D eigenvalue weighted by atomic mass is 16.5. The maximum absolute atomic E-state index is 12.9. The second-order valence-electron chi connectivity index (χ2n) is 7.35. The van der Waals surface area contributed by atoms with Crippen molar-refractivity contribution in [3.63, 3.8) is 0 Å². The van der Waals surface area contributed by atoms with E-state index in [-0.39, 0.29) is 30.0 Å². The van der Waals surface area contributed by atoms with Crippen molar-refractivity contribution in [2.45, 2.75) is 51.6 Å². The van der Waals surface area contributed by atoms with E-state index in [9.17, 15) is 9.59 Å². The normalized spacial score (nSPS) is 17.4. The molecular weight excluding hydrogens is 348 g/mol. The fourth-order valence-electron chi connectivity index (χ4n) is 3.11. The number of hydrogen-bond donors (Lipinski definition) is 0. The van der Waals surface area contributed by atoms with E-state index in [1.165, 1.54) is 10.7 Å². The summed E-state index contributed by atoms with van der Waals surface area (Å²) in [4.78, 5) is 33.1. The maximum Gasteiger partial charge on any atom is 0.269 e. The highest BCUT2D eigenvalue weighted by Gasteiger charge is 2.32. The Kier molecular flexibility index (Phi) is 5.57. The molecule has 0 radical (unpaired) electrons. The number of carbonyl (C=O) groups excluding carboxylic acids is 1. The fraction of sp³-hybridized carbons (Fsp3) is 0.611. The highest BCUT2D eigenvalue weighted by molar-refractivity contribution is 5.76. The molecule has 3 heterocycles. The van der Waals surface area contributed by atoms with Crippen LogP contribution in [0.1, 0.15) is 56.8 Å². The van der Waals surface area contributed by atoms with Crippen molar-refractivity contribution in [1.82, 2.24) is 24.8 Å². The van der Waals surface area contributed by atoms with E-state index in [1.807, 2.05) is 27.9 Å². The minimum absolute atomic E-state index is 0.103. The second-order valence-corrected chi connectivity index (χ2v) is 7.35. The zero-order chi connectivity index (χ0) is 19.6. The summed E-state index contributed by atoms with van der Waals surface area (Å²) in [6.45, 7) is 4.49. The summed E-state index contributed by atoms with van der Waals surface area (Å²) in [7, 11) is 3.67. The lowest BCUT2D eigenvalue weighted by molar-refractivity contribution is -0.136. The first kappa shape index (κ1) is 19.1. The molecule has 9 heteroatoms. The first-order chi connectivity index (χ1) is 12.9. The van der Waals surface area contributed by atoms with Gasteiger partial charge in [0.25, 0.3) is 5.56 Å². The Labute approximate surface area is 158 Å². The molecule has 0 aromatic carbocycles. The van der Waals surface area contributed by atoms with Crippen LogP contribution in [0.25, 0.3) is 0 Å². The van der Waals surface area contributed by atoms with Gasteiger partial charge in [0.2, 0.25) is 11.8 Å². The van der Waals surface area contributed by atoms with Gasteiger partial charge in [0.1, 0.15) is 12.6 Å². The number of aromatic nitrogens is 4. The van der Waals surface area contributed by atoms with Crippen molar-refractivity contribution in [2.75, 3.05) is 25.5 Å². The first-order valence-electron chi connectivity index (χ1n) is 9.24. The summed E-state index contributed by atoms with van der Waals surface area (Å²) >= 11 is 0. The predicted molar refractivity (Wildman–Crippen MR) is 99.5 cm³/mol. The summed E-state index contributed by atoms with van der Waals surface area (Å²) in [5, 5.41) is 8.14. The molecule has 27 heavy (non-hydrogen) atoms. The number of hydrogen-bond acceptors (Lipinski definition) is 7. The molecule has 1 aliphatic heterocycles. The monoisotopic (exact) mass is 374 g/mol. The third-order valence-corrected chi connectivity index (χ3v) is 4.74. The Bertz CT molecular complexity index is 857. The maximum atomic E-state index is 12.9. The fourth-order valence-corrected chi connectivity index (χ4v) is 3.11. The van der Waals surface area contributed by atoms with E-state index in [0.717, 1.165) is 19.3 Å². The number of anilines is 1. The molecule has 1 amide bonds. The summed E-state index contributed by atoms with van der Waals surface area (Å²) in [6, 6.07) is 1.23. The number of rotatable bonds is 5. The lowest BCUT2D eigenvalue weighted by Crippen LogP contribution is -2.42.